The fourth-order valence-corrected chi connectivity index (χ4v) is 2.94. The van der Waals surface area contributed by atoms with Gasteiger partial charge in [0.15, 0.2) is 0 Å². The zero-order valence-corrected chi connectivity index (χ0v) is 13.6. The zero-order valence-electron chi connectivity index (χ0n) is 13.6. The minimum Gasteiger partial charge on any atom is -0.338 e. The molecule has 1 aromatic carbocycles. The van der Waals surface area contributed by atoms with Crippen LogP contribution in [0.25, 0.3) is 11.4 Å². The van der Waals surface area contributed by atoms with Gasteiger partial charge in [0.1, 0.15) is 0 Å². The fourth-order valence-electron chi connectivity index (χ4n) is 2.94. The van der Waals surface area contributed by atoms with E-state index in [0.29, 0.717) is 11.7 Å². The highest BCUT2D eigenvalue weighted by atomic mass is 16.5. The first-order valence-corrected chi connectivity index (χ1v) is 8.37. The summed E-state index contributed by atoms with van der Waals surface area (Å²) in [5.41, 5.74) is 2.35. The van der Waals surface area contributed by atoms with Crippen molar-refractivity contribution in [2.45, 2.75) is 52.0 Å². The first kappa shape index (κ1) is 15.2. The van der Waals surface area contributed by atoms with Crippen LogP contribution in [0.4, 0.5) is 0 Å². The molecule has 1 saturated heterocycles. The van der Waals surface area contributed by atoms with Crippen LogP contribution in [-0.2, 0) is 6.54 Å². The fraction of sp³-hybridized carbons (Fsp3) is 0.556. The summed E-state index contributed by atoms with van der Waals surface area (Å²) >= 11 is 0. The maximum absolute atomic E-state index is 5.44. The third-order valence-electron chi connectivity index (χ3n) is 4.36. The molecule has 1 fully saturated rings. The van der Waals surface area contributed by atoms with Gasteiger partial charge in [-0.2, -0.15) is 4.98 Å². The summed E-state index contributed by atoms with van der Waals surface area (Å²) in [4.78, 5) is 6.98. The Morgan fingerprint density at radius 2 is 1.73 bits per heavy atom. The quantitative estimate of drug-likeness (QED) is 0.847. The highest BCUT2D eigenvalue weighted by molar-refractivity contribution is 5.54. The van der Waals surface area contributed by atoms with Crippen molar-refractivity contribution in [1.29, 1.82) is 0 Å². The van der Waals surface area contributed by atoms with Gasteiger partial charge in [0, 0.05) is 5.56 Å². The molecule has 0 atom stereocenters. The summed E-state index contributed by atoms with van der Waals surface area (Å²) in [6.07, 6.45) is 5.23. The molecule has 2 heterocycles. The summed E-state index contributed by atoms with van der Waals surface area (Å²) < 4.78 is 5.44. The van der Waals surface area contributed by atoms with Gasteiger partial charge in [-0.05, 0) is 37.4 Å². The Bertz CT molecular complexity index is 581. The van der Waals surface area contributed by atoms with E-state index in [-0.39, 0.29) is 0 Å². The van der Waals surface area contributed by atoms with E-state index in [0.717, 1.165) is 31.1 Å². The molecular weight excluding hydrogens is 274 g/mol. The van der Waals surface area contributed by atoms with Crippen LogP contribution in [0.2, 0.25) is 0 Å². The van der Waals surface area contributed by atoms with Crippen molar-refractivity contribution in [2.24, 2.45) is 0 Å². The van der Waals surface area contributed by atoms with Crippen molar-refractivity contribution in [2.75, 3.05) is 13.1 Å². The van der Waals surface area contributed by atoms with E-state index < -0.39 is 0 Å². The molecule has 0 bridgehead atoms. The van der Waals surface area contributed by atoms with Gasteiger partial charge >= 0.3 is 0 Å². The number of likely N-dealkylation sites (tertiary alicyclic amines) is 1. The van der Waals surface area contributed by atoms with Crippen molar-refractivity contribution in [3.05, 3.63) is 35.7 Å². The van der Waals surface area contributed by atoms with Gasteiger partial charge in [0.2, 0.25) is 11.7 Å². The predicted octanol–water partition coefficient (Wildman–Crippen LogP) is 4.24. The summed E-state index contributed by atoms with van der Waals surface area (Å²) in [5.74, 6) is 1.96. The Kier molecular flexibility index (Phi) is 4.88. The van der Waals surface area contributed by atoms with Crippen molar-refractivity contribution >= 4 is 0 Å². The standard InChI is InChI=1S/C18H25N3O/c1-14(2)15-7-9-16(10-8-15)18-19-17(22-20-18)13-21-11-5-3-4-6-12-21/h7-10,14H,3-6,11-13H2,1-2H3. The number of rotatable bonds is 4. The lowest BCUT2D eigenvalue weighted by molar-refractivity contribution is 0.234. The van der Waals surface area contributed by atoms with Gasteiger partial charge in [-0.1, -0.05) is 56.1 Å². The van der Waals surface area contributed by atoms with Gasteiger partial charge in [-0.15, -0.1) is 0 Å². The highest BCUT2D eigenvalue weighted by Crippen LogP contribution is 2.21. The number of hydrogen-bond donors (Lipinski definition) is 0. The third-order valence-corrected chi connectivity index (χ3v) is 4.36. The number of aromatic nitrogens is 2. The van der Waals surface area contributed by atoms with Gasteiger partial charge in [0.05, 0.1) is 6.54 Å². The van der Waals surface area contributed by atoms with Crippen LogP contribution in [0.1, 0.15) is 56.9 Å². The highest BCUT2D eigenvalue weighted by Gasteiger charge is 2.14. The Morgan fingerprint density at radius 1 is 1.05 bits per heavy atom. The number of nitrogens with zero attached hydrogens (tertiary/aromatic N) is 3. The molecule has 2 aromatic rings. The van der Waals surface area contributed by atoms with Gasteiger partial charge in [0.25, 0.3) is 0 Å². The van der Waals surface area contributed by atoms with E-state index >= 15 is 0 Å². The maximum Gasteiger partial charge on any atom is 0.241 e. The van der Waals surface area contributed by atoms with Crippen LogP contribution in [0.3, 0.4) is 0 Å². The van der Waals surface area contributed by atoms with Crippen LogP contribution in [0, 0.1) is 0 Å². The molecule has 0 spiro atoms. The van der Waals surface area contributed by atoms with Crippen molar-refractivity contribution in [3.63, 3.8) is 0 Å². The Labute approximate surface area is 132 Å². The monoisotopic (exact) mass is 299 g/mol. The van der Waals surface area contributed by atoms with Crippen LogP contribution < -0.4 is 0 Å². The number of hydrogen-bond acceptors (Lipinski definition) is 4. The second kappa shape index (κ2) is 7.05. The van der Waals surface area contributed by atoms with Gasteiger partial charge in [-0.25, -0.2) is 0 Å². The van der Waals surface area contributed by atoms with Crippen LogP contribution in [-0.4, -0.2) is 28.1 Å². The Morgan fingerprint density at radius 3 is 2.36 bits per heavy atom. The molecule has 0 saturated carbocycles. The summed E-state index contributed by atoms with van der Waals surface area (Å²) in [6.45, 7) is 7.45. The molecule has 1 aliphatic rings. The van der Waals surface area contributed by atoms with Crippen LogP contribution in [0.5, 0.6) is 0 Å². The first-order chi connectivity index (χ1) is 10.7. The number of benzene rings is 1. The molecule has 0 unspecified atom stereocenters. The average Bonchev–Trinajstić information content (AvgIpc) is 2.83. The second-order valence-electron chi connectivity index (χ2n) is 6.48. The summed E-state index contributed by atoms with van der Waals surface area (Å²) in [6, 6.07) is 8.45. The average molecular weight is 299 g/mol. The Hall–Kier alpha value is -1.68. The Balaban J connectivity index is 1.67. The van der Waals surface area contributed by atoms with E-state index in [2.05, 4.69) is 53.2 Å². The SMILES string of the molecule is CC(C)c1ccc(-c2noc(CN3CCCCCC3)n2)cc1. The lowest BCUT2D eigenvalue weighted by Crippen LogP contribution is -2.24. The molecule has 1 aliphatic heterocycles. The summed E-state index contributed by atoms with van der Waals surface area (Å²) in [7, 11) is 0. The predicted molar refractivity (Wildman–Crippen MR) is 87.6 cm³/mol. The molecular formula is C18H25N3O. The zero-order chi connectivity index (χ0) is 15.4. The van der Waals surface area contributed by atoms with Crippen molar-refractivity contribution in [1.82, 2.24) is 15.0 Å². The van der Waals surface area contributed by atoms with Crippen molar-refractivity contribution < 1.29 is 4.52 Å². The third kappa shape index (κ3) is 3.74. The molecule has 0 aliphatic carbocycles. The molecule has 22 heavy (non-hydrogen) atoms. The molecule has 4 heteroatoms. The first-order valence-electron chi connectivity index (χ1n) is 8.37. The molecule has 0 radical (unpaired) electrons. The molecule has 3 rings (SSSR count). The molecule has 0 amide bonds. The largest absolute Gasteiger partial charge is 0.338 e. The van der Waals surface area contributed by atoms with Crippen LogP contribution in [0.15, 0.2) is 28.8 Å². The van der Waals surface area contributed by atoms with E-state index in [4.69, 9.17) is 4.52 Å². The molecule has 1 aromatic heterocycles. The lowest BCUT2D eigenvalue weighted by atomic mass is 10.0. The second-order valence-corrected chi connectivity index (χ2v) is 6.48. The molecule has 118 valence electrons. The van der Waals surface area contributed by atoms with E-state index in [1.807, 2.05) is 0 Å². The molecule has 4 nitrogen and oxygen atoms in total. The van der Waals surface area contributed by atoms with E-state index in [9.17, 15) is 0 Å². The van der Waals surface area contributed by atoms with Gasteiger partial charge < -0.3 is 4.52 Å². The minimum absolute atomic E-state index is 0.540. The van der Waals surface area contributed by atoms with Gasteiger partial charge in [-0.3, -0.25) is 4.90 Å². The van der Waals surface area contributed by atoms with E-state index in [1.165, 1.54) is 31.2 Å². The minimum atomic E-state index is 0.540. The lowest BCUT2D eigenvalue weighted by Gasteiger charge is -2.16. The summed E-state index contributed by atoms with van der Waals surface area (Å²) in [5, 5.41) is 4.14. The van der Waals surface area contributed by atoms with Crippen molar-refractivity contribution in [3.8, 4) is 11.4 Å². The van der Waals surface area contributed by atoms with E-state index in [1.54, 1.807) is 0 Å². The van der Waals surface area contributed by atoms with Crippen LogP contribution >= 0.6 is 0 Å². The maximum atomic E-state index is 5.44. The molecule has 0 N–H and O–H groups in total. The smallest absolute Gasteiger partial charge is 0.241 e. The topological polar surface area (TPSA) is 42.2 Å². The normalized spacial score (nSPS) is 16.9.